The van der Waals surface area contributed by atoms with Crippen molar-refractivity contribution in [2.24, 2.45) is 0 Å². The monoisotopic (exact) mass is 476 g/mol. The first-order chi connectivity index (χ1) is 16.0. The third kappa shape index (κ3) is 3.55. The summed E-state index contributed by atoms with van der Waals surface area (Å²) in [7, 11) is 0. The van der Waals surface area contributed by atoms with Crippen molar-refractivity contribution in [2.75, 3.05) is 11.4 Å². The largest absolute Gasteiger partial charge is 0.306 e. The van der Waals surface area contributed by atoms with E-state index in [1.54, 1.807) is 6.07 Å². The summed E-state index contributed by atoms with van der Waals surface area (Å²) in [5.74, 6) is -0.164. The number of carbonyl (C=O) groups is 1. The molecule has 6 rings (SSSR count). The minimum atomic E-state index is -0.287. The van der Waals surface area contributed by atoms with Crippen LogP contribution in [0.3, 0.4) is 0 Å². The maximum absolute atomic E-state index is 14.0. The summed E-state index contributed by atoms with van der Waals surface area (Å²) >= 11 is 0. The molecule has 2 heterocycles. The standard InChI is InChI=1S/C29H29FN2O.ClH/c1-19-11-12-24(21-7-4-3-5-8-21)27-26(19)28(27)31-16-15-29(18-20(31)2)14-13-25(33)32(29)23-10-6-9-22(30)17-23;/h3-12,17,20,28H,13-16,18H2,1-2H3;1H/t20-,28?,29+;/m0./s1. The molecule has 3 atom stereocenters. The highest BCUT2D eigenvalue weighted by Crippen LogP contribution is 2.56. The van der Waals surface area contributed by atoms with Gasteiger partial charge < -0.3 is 4.90 Å². The Morgan fingerprint density at radius 2 is 1.76 bits per heavy atom. The molecule has 3 nitrogen and oxygen atoms in total. The molecule has 1 aliphatic carbocycles. The van der Waals surface area contributed by atoms with E-state index >= 15 is 0 Å². The van der Waals surface area contributed by atoms with E-state index in [9.17, 15) is 9.18 Å². The molecule has 3 aliphatic rings. The fourth-order valence-corrected chi connectivity index (χ4v) is 6.52. The Morgan fingerprint density at radius 1 is 0.971 bits per heavy atom. The summed E-state index contributed by atoms with van der Waals surface area (Å²) in [6.45, 7) is 5.45. The van der Waals surface area contributed by atoms with Crippen LogP contribution in [0.5, 0.6) is 0 Å². The second-order valence-electron chi connectivity index (χ2n) is 10.0. The number of halogens is 2. The van der Waals surface area contributed by atoms with Crippen molar-refractivity contribution in [1.29, 1.82) is 0 Å². The molecule has 0 bridgehead atoms. The van der Waals surface area contributed by atoms with E-state index in [1.807, 2.05) is 11.0 Å². The van der Waals surface area contributed by atoms with Crippen LogP contribution in [0.2, 0.25) is 0 Å². The van der Waals surface area contributed by atoms with Gasteiger partial charge in [0.2, 0.25) is 5.91 Å². The number of anilines is 1. The van der Waals surface area contributed by atoms with Gasteiger partial charge in [-0.05, 0) is 79.1 Å². The third-order valence-corrected chi connectivity index (χ3v) is 8.06. The zero-order valence-electron chi connectivity index (χ0n) is 19.6. The first-order valence-corrected chi connectivity index (χ1v) is 12.0. The summed E-state index contributed by atoms with van der Waals surface area (Å²) in [5.41, 5.74) is 7.41. The number of fused-ring (bicyclic) bond motifs is 1. The number of hydrogen-bond donors (Lipinski definition) is 0. The van der Waals surface area contributed by atoms with Crippen LogP contribution < -0.4 is 4.90 Å². The number of piperidine rings is 1. The maximum atomic E-state index is 14.0. The number of hydrogen-bond acceptors (Lipinski definition) is 2. The summed E-state index contributed by atoms with van der Waals surface area (Å²) in [4.78, 5) is 17.5. The van der Waals surface area contributed by atoms with E-state index in [1.165, 1.54) is 39.9 Å². The SMILES string of the molecule is Cc1ccc(-c2ccccc2)c2c1C2N1CC[C@]2(CCC(=O)N2c2cccc(F)c2)C[C@@H]1C.Cl. The van der Waals surface area contributed by atoms with Crippen LogP contribution in [-0.4, -0.2) is 28.9 Å². The number of benzene rings is 3. The topological polar surface area (TPSA) is 23.6 Å². The van der Waals surface area contributed by atoms with E-state index in [0.717, 1.165) is 25.8 Å². The number of aryl methyl sites for hydroxylation is 1. The summed E-state index contributed by atoms with van der Waals surface area (Å²) in [6, 6.07) is 22.4. The highest BCUT2D eigenvalue weighted by Gasteiger charge is 2.53. The Hall–Kier alpha value is -2.69. The second-order valence-corrected chi connectivity index (χ2v) is 10.0. The summed E-state index contributed by atoms with van der Waals surface area (Å²) in [6.07, 6.45) is 3.24. The molecular formula is C29H30ClFN2O. The molecule has 0 saturated carbocycles. The molecule has 0 aromatic heterocycles. The van der Waals surface area contributed by atoms with Crippen LogP contribution in [0.4, 0.5) is 10.1 Å². The van der Waals surface area contributed by atoms with Crippen molar-refractivity contribution in [3.05, 3.63) is 89.2 Å². The Bertz CT molecular complexity index is 1250. The Morgan fingerprint density at radius 3 is 2.50 bits per heavy atom. The highest BCUT2D eigenvalue weighted by molar-refractivity contribution is 5.97. The number of amides is 1. The van der Waals surface area contributed by atoms with Gasteiger partial charge in [0.1, 0.15) is 5.82 Å². The molecule has 1 amide bonds. The van der Waals surface area contributed by atoms with Crippen LogP contribution in [0.1, 0.15) is 55.3 Å². The van der Waals surface area contributed by atoms with Gasteiger partial charge in [-0.25, -0.2) is 4.39 Å². The van der Waals surface area contributed by atoms with Crippen molar-refractivity contribution in [3.8, 4) is 11.1 Å². The molecule has 0 N–H and O–H groups in total. The van der Waals surface area contributed by atoms with Crippen LogP contribution in [0.15, 0.2) is 66.7 Å². The zero-order chi connectivity index (χ0) is 22.7. The average Bonchev–Trinajstić information content (AvgIpc) is 3.47. The van der Waals surface area contributed by atoms with Crippen LogP contribution in [-0.2, 0) is 4.79 Å². The molecule has 2 saturated heterocycles. The van der Waals surface area contributed by atoms with Gasteiger partial charge in [0.05, 0.1) is 11.6 Å². The highest BCUT2D eigenvalue weighted by atomic mass is 35.5. The lowest BCUT2D eigenvalue weighted by molar-refractivity contribution is -0.117. The number of carbonyl (C=O) groups excluding carboxylic acids is 1. The van der Waals surface area contributed by atoms with E-state index in [0.29, 0.717) is 24.2 Å². The van der Waals surface area contributed by atoms with Gasteiger partial charge in [0, 0.05) is 24.7 Å². The number of nitrogens with zero attached hydrogens (tertiary/aromatic N) is 2. The molecule has 2 aliphatic heterocycles. The molecule has 34 heavy (non-hydrogen) atoms. The quantitative estimate of drug-likeness (QED) is 0.421. The van der Waals surface area contributed by atoms with Gasteiger partial charge in [-0.2, -0.15) is 0 Å². The molecule has 176 valence electrons. The molecule has 5 heteroatoms. The van der Waals surface area contributed by atoms with Crippen molar-refractivity contribution in [3.63, 3.8) is 0 Å². The lowest BCUT2D eigenvalue weighted by atomic mass is 9.81. The molecule has 3 aromatic carbocycles. The molecule has 0 radical (unpaired) electrons. The van der Waals surface area contributed by atoms with Gasteiger partial charge in [0.25, 0.3) is 0 Å². The lowest BCUT2D eigenvalue weighted by Gasteiger charge is -2.48. The normalized spacial score (nSPS) is 25.9. The van der Waals surface area contributed by atoms with Crippen molar-refractivity contribution in [1.82, 2.24) is 4.90 Å². The van der Waals surface area contributed by atoms with Crippen molar-refractivity contribution >= 4 is 24.0 Å². The van der Waals surface area contributed by atoms with Crippen LogP contribution in [0, 0.1) is 12.7 Å². The fourth-order valence-electron chi connectivity index (χ4n) is 6.52. The third-order valence-electron chi connectivity index (χ3n) is 8.06. The minimum absolute atomic E-state index is 0. The molecule has 2 fully saturated rings. The summed E-state index contributed by atoms with van der Waals surface area (Å²) < 4.78 is 14.0. The molecular weight excluding hydrogens is 447 g/mol. The van der Waals surface area contributed by atoms with Gasteiger partial charge in [-0.1, -0.05) is 48.5 Å². The van der Waals surface area contributed by atoms with E-state index < -0.39 is 0 Å². The van der Waals surface area contributed by atoms with E-state index in [2.05, 4.69) is 61.2 Å². The van der Waals surface area contributed by atoms with Gasteiger partial charge in [-0.15, -0.1) is 12.4 Å². The second kappa shape index (κ2) is 8.51. The molecule has 1 unspecified atom stereocenters. The maximum Gasteiger partial charge on any atom is 0.227 e. The Balaban J connectivity index is 0.00000241. The fraction of sp³-hybridized carbons (Fsp3) is 0.345. The van der Waals surface area contributed by atoms with Gasteiger partial charge in [-0.3, -0.25) is 9.69 Å². The van der Waals surface area contributed by atoms with Crippen LogP contribution >= 0.6 is 12.4 Å². The lowest BCUT2D eigenvalue weighted by Crippen LogP contribution is -2.56. The van der Waals surface area contributed by atoms with Gasteiger partial charge in [0.15, 0.2) is 0 Å². The summed E-state index contributed by atoms with van der Waals surface area (Å²) in [5, 5.41) is 0. The minimum Gasteiger partial charge on any atom is -0.306 e. The predicted molar refractivity (Wildman–Crippen MR) is 137 cm³/mol. The van der Waals surface area contributed by atoms with E-state index in [4.69, 9.17) is 0 Å². The van der Waals surface area contributed by atoms with Gasteiger partial charge >= 0.3 is 0 Å². The molecule has 1 spiro atoms. The van der Waals surface area contributed by atoms with Crippen LogP contribution in [0.25, 0.3) is 11.1 Å². The Labute approximate surface area is 207 Å². The molecule has 3 aromatic rings. The van der Waals surface area contributed by atoms with Crippen molar-refractivity contribution in [2.45, 2.75) is 57.2 Å². The van der Waals surface area contributed by atoms with E-state index in [-0.39, 0.29) is 29.7 Å². The number of likely N-dealkylation sites (tertiary alicyclic amines) is 1. The average molecular weight is 477 g/mol. The van der Waals surface area contributed by atoms with Crippen molar-refractivity contribution < 1.29 is 9.18 Å². The Kier molecular flexibility index (Phi) is 5.78. The number of rotatable bonds is 3. The predicted octanol–water partition coefficient (Wildman–Crippen LogP) is 6.68. The first kappa shape index (κ1) is 23.1. The smallest absolute Gasteiger partial charge is 0.227 e. The zero-order valence-corrected chi connectivity index (χ0v) is 20.4. The first-order valence-electron chi connectivity index (χ1n) is 12.0.